The Bertz CT molecular complexity index is 751. The van der Waals surface area contributed by atoms with E-state index in [4.69, 9.17) is 14.2 Å². The minimum atomic E-state index is -0.452. The molecule has 0 bridgehead atoms. The standard InChI is InChI=1S/C20H23NO4/c1-23-16-7-4-14(5-8-16)13-21-19(22)20(10-11-20)15-6-9-17(24-2)18(12-15)25-3/h4-9,12H,10-11,13H2,1-3H3,(H,21,22). The quantitative estimate of drug-likeness (QED) is 0.841. The second-order valence-corrected chi connectivity index (χ2v) is 6.18. The third kappa shape index (κ3) is 3.40. The molecule has 0 saturated heterocycles. The molecule has 1 aliphatic rings. The van der Waals surface area contributed by atoms with Gasteiger partial charge in [-0.1, -0.05) is 18.2 Å². The Morgan fingerprint density at radius 2 is 1.64 bits per heavy atom. The van der Waals surface area contributed by atoms with E-state index in [0.717, 1.165) is 29.7 Å². The lowest BCUT2D eigenvalue weighted by molar-refractivity contribution is -0.123. The fraction of sp³-hybridized carbons (Fsp3) is 0.350. The Labute approximate surface area is 147 Å². The first-order valence-corrected chi connectivity index (χ1v) is 8.26. The number of hydrogen-bond donors (Lipinski definition) is 1. The molecule has 0 radical (unpaired) electrons. The van der Waals surface area contributed by atoms with Crippen molar-refractivity contribution in [3.05, 3.63) is 53.6 Å². The summed E-state index contributed by atoms with van der Waals surface area (Å²) in [5, 5.41) is 3.05. The van der Waals surface area contributed by atoms with Crippen LogP contribution in [0.2, 0.25) is 0 Å². The largest absolute Gasteiger partial charge is 0.497 e. The molecule has 0 atom stereocenters. The SMILES string of the molecule is COc1ccc(CNC(=O)C2(c3ccc(OC)c(OC)c3)CC2)cc1. The van der Waals surface area contributed by atoms with Crippen molar-refractivity contribution in [1.29, 1.82) is 0 Å². The second kappa shape index (κ2) is 7.05. The van der Waals surface area contributed by atoms with Gasteiger partial charge in [-0.2, -0.15) is 0 Å². The lowest BCUT2D eigenvalue weighted by atomic mass is 9.94. The Balaban J connectivity index is 1.70. The number of carbonyl (C=O) groups is 1. The normalized spacial score (nSPS) is 14.5. The smallest absolute Gasteiger partial charge is 0.230 e. The van der Waals surface area contributed by atoms with Crippen molar-refractivity contribution in [2.24, 2.45) is 0 Å². The van der Waals surface area contributed by atoms with Gasteiger partial charge < -0.3 is 19.5 Å². The monoisotopic (exact) mass is 341 g/mol. The maximum absolute atomic E-state index is 12.8. The van der Waals surface area contributed by atoms with Crippen molar-refractivity contribution in [2.45, 2.75) is 24.8 Å². The third-order valence-electron chi connectivity index (χ3n) is 4.73. The van der Waals surface area contributed by atoms with Crippen LogP contribution in [0.25, 0.3) is 0 Å². The Hall–Kier alpha value is -2.69. The van der Waals surface area contributed by atoms with Gasteiger partial charge in [-0.15, -0.1) is 0 Å². The Morgan fingerprint density at radius 1 is 0.960 bits per heavy atom. The first-order valence-electron chi connectivity index (χ1n) is 8.26. The fourth-order valence-corrected chi connectivity index (χ4v) is 3.00. The zero-order chi connectivity index (χ0) is 17.9. The minimum Gasteiger partial charge on any atom is -0.497 e. The predicted molar refractivity (Wildman–Crippen MR) is 95.3 cm³/mol. The minimum absolute atomic E-state index is 0.0514. The van der Waals surface area contributed by atoms with E-state index in [-0.39, 0.29) is 5.91 Å². The molecular formula is C20H23NO4. The van der Waals surface area contributed by atoms with Crippen LogP contribution in [0.3, 0.4) is 0 Å². The summed E-state index contributed by atoms with van der Waals surface area (Å²) < 4.78 is 15.8. The summed E-state index contributed by atoms with van der Waals surface area (Å²) >= 11 is 0. The summed E-state index contributed by atoms with van der Waals surface area (Å²) in [5.74, 6) is 2.17. The molecule has 1 fully saturated rings. The van der Waals surface area contributed by atoms with Crippen molar-refractivity contribution in [3.63, 3.8) is 0 Å². The van der Waals surface area contributed by atoms with E-state index in [1.54, 1.807) is 21.3 Å². The summed E-state index contributed by atoms with van der Waals surface area (Å²) in [4.78, 5) is 12.8. The van der Waals surface area contributed by atoms with Crippen LogP contribution in [-0.4, -0.2) is 27.2 Å². The van der Waals surface area contributed by atoms with E-state index in [1.807, 2.05) is 42.5 Å². The molecule has 0 aliphatic heterocycles. The van der Waals surface area contributed by atoms with Gasteiger partial charge in [0.2, 0.25) is 5.91 Å². The number of nitrogens with one attached hydrogen (secondary N) is 1. The van der Waals surface area contributed by atoms with Crippen LogP contribution in [0.15, 0.2) is 42.5 Å². The Kier molecular flexibility index (Phi) is 4.83. The van der Waals surface area contributed by atoms with Crippen molar-refractivity contribution in [3.8, 4) is 17.2 Å². The lowest BCUT2D eigenvalue weighted by Gasteiger charge is -2.18. The highest BCUT2D eigenvalue weighted by molar-refractivity contribution is 5.91. The number of carbonyl (C=O) groups excluding carboxylic acids is 1. The highest BCUT2D eigenvalue weighted by Crippen LogP contribution is 2.50. The van der Waals surface area contributed by atoms with Gasteiger partial charge in [0.25, 0.3) is 0 Å². The van der Waals surface area contributed by atoms with Gasteiger partial charge in [-0.25, -0.2) is 0 Å². The molecule has 132 valence electrons. The summed E-state index contributed by atoms with van der Waals surface area (Å²) in [6.07, 6.45) is 1.69. The number of benzene rings is 2. The van der Waals surface area contributed by atoms with Crippen LogP contribution in [0.4, 0.5) is 0 Å². The van der Waals surface area contributed by atoms with E-state index >= 15 is 0 Å². The van der Waals surface area contributed by atoms with E-state index < -0.39 is 5.41 Å². The van der Waals surface area contributed by atoms with Crippen molar-refractivity contribution in [1.82, 2.24) is 5.32 Å². The predicted octanol–water partition coefficient (Wildman–Crippen LogP) is 3.06. The fourth-order valence-electron chi connectivity index (χ4n) is 3.00. The molecule has 0 spiro atoms. The number of methoxy groups -OCH3 is 3. The van der Waals surface area contributed by atoms with Crippen molar-refractivity contribution < 1.29 is 19.0 Å². The van der Waals surface area contributed by atoms with Gasteiger partial charge in [-0.05, 0) is 48.2 Å². The molecule has 2 aromatic carbocycles. The topological polar surface area (TPSA) is 56.8 Å². The Morgan fingerprint density at radius 3 is 2.20 bits per heavy atom. The van der Waals surface area contributed by atoms with Gasteiger partial charge in [0.15, 0.2) is 11.5 Å². The number of ether oxygens (including phenoxy) is 3. The van der Waals surface area contributed by atoms with E-state index in [9.17, 15) is 4.79 Å². The van der Waals surface area contributed by atoms with Gasteiger partial charge in [0.05, 0.1) is 26.7 Å². The molecule has 2 aromatic rings. The van der Waals surface area contributed by atoms with Crippen LogP contribution in [-0.2, 0) is 16.8 Å². The van der Waals surface area contributed by atoms with Crippen LogP contribution in [0, 0.1) is 0 Å². The summed E-state index contributed by atoms with van der Waals surface area (Å²) in [6.45, 7) is 0.498. The molecule has 1 amide bonds. The maximum atomic E-state index is 12.8. The summed E-state index contributed by atoms with van der Waals surface area (Å²) in [6, 6.07) is 13.4. The van der Waals surface area contributed by atoms with Crippen LogP contribution >= 0.6 is 0 Å². The molecule has 1 aliphatic carbocycles. The summed E-state index contributed by atoms with van der Waals surface area (Å²) in [7, 11) is 4.84. The first kappa shape index (κ1) is 17.1. The van der Waals surface area contributed by atoms with Gasteiger partial charge >= 0.3 is 0 Å². The number of rotatable bonds is 7. The van der Waals surface area contributed by atoms with Gasteiger partial charge in [0, 0.05) is 6.54 Å². The molecule has 1 N–H and O–H groups in total. The van der Waals surface area contributed by atoms with E-state index in [1.165, 1.54) is 0 Å². The summed E-state index contributed by atoms with van der Waals surface area (Å²) in [5.41, 5.74) is 1.56. The molecule has 5 heteroatoms. The van der Waals surface area contributed by atoms with E-state index in [0.29, 0.717) is 18.0 Å². The molecule has 5 nitrogen and oxygen atoms in total. The number of amides is 1. The molecular weight excluding hydrogens is 318 g/mol. The van der Waals surface area contributed by atoms with Crippen molar-refractivity contribution >= 4 is 5.91 Å². The third-order valence-corrected chi connectivity index (χ3v) is 4.73. The van der Waals surface area contributed by atoms with E-state index in [2.05, 4.69) is 5.32 Å². The lowest BCUT2D eigenvalue weighted by Crippen LogP contribution is -2.34. The number of hydrogen-bond acceptors (Lipinski definition) is 4. The molecule has 0 heterocycles. The average Bonchev–Trinajstić information content (AvgIpc) is 3.48. The van der Waals surface area contributed by atoms with Crippen LogP contribution in [0.5, 0.6) is 17.2 Å². The molecule has 0 aromatic heterocycles. The average molecular weight is 341 g/mol. The second-order valence-electron chi connectivity index (χ2n) is 6.18. The molecule has 3 rings (SSSR count). The van der Waals surface area contributed by atoms with Crippen LogP contribution in [0.1, 0.15) is 24.0 Å². The zero-order valence-electron chi connectivity index (χ0n) is 14.8. The maximum Gasteiger partial charge on any atom is 0.230 e. The van der Waals surface area contributed by atoms with Crippen LogP contribution < -0.4 is 19.5 Å². The molecule has 1 saturated carbocycles. The van der Waals surface area contributed by atoms with Gasteiger partial charge in [-0.3, -0.25) is 4.79 Å². The first-order chi connectivity index (χ1) is 12.1. The zero-order valence-corrected chi connectivity index (χ0v) is 14.8. The van der Waals surface area contributed by atoms with Gasteiger partial charge in [0.1, 0.15) is 5.75 Å². The molecule has 25 heavy (non-hydrogen) atoms. The highest BCUT2D eigenvalue weighted by atomic mass is 16.5. The highest BCUT2D eigenvalue weighted by Gasteiger charge is 2.51. The molecule has 0 unspecified atom stereocenters. The van der Waals surface area contributed by atoms with Crippen molar-refractivity contribution in [2.75, 3.05) is 21.3 Å².